The first-order valence-corrected chi connectivity index (χ1v) is 9.27. The van der Waals surface area contributed by atoms with E-state index in [-0.39, 0.29) is 11.7 Å². The molecule has 0 spiro atoms. The van der Waals surface area contributed by atoms with Crippen molar-refractivity contribution in [2.75, 3.05) is 18.8 Å². The van der Waals surface area contributed by atoms with Gasteiger partial charge in [0.2, 0.25) is 0 Å². The summed E-state index contributed by atoms with van der Waals surface area (Å²) in [4.78, 5) is 14.8. The Kier molecular flexibility index (Phi) is 3.78. The quantitative estimate of drug-likeness (QED) is 0.800. The van der Waals surface area contributed by atoms with Crippen molar-refractivity contribution in [2.45, 2.75) is 37.5 Å². The lowest BCUT2D eigenvalue weighted by Crippen LogP contribution is -2.38. The molecule has 114 valence electrons. The van der Waals surface area contributed by atoms with Gasteiger partial charge in [-0.15, -0.1) is 0 Å². The second-order valence-corrected chi connectivity index (χ2v) is 8.30. The highest BCUT2D eigenvalue weighted by Gasteiger charge is 2.26. The minimum atomic E-state index is -3.14. The van der Waals surface area contributed by atoms with E-state index in [4.69, 9.17) is 0 Å². The Morgan fingerprint density at radius 2 is 1.95 bits per heavy atom. The van der Waals surface area contributed by atoms with Gasteiger partial charge in [0.05, 0.1) is 10.6 Å². The predicted octanol–water partition coefficient (Wildman–Crippen LogP) is 2.28. The van der Waals surface area contributed by atoms with Crippen molar-refractivity contribution in [3.63, 3.8) is 0 Å². The van der Waals surface area contributed by atoms with Crippen LogP contribution in [-0.2, 0) is 16.3 Å². The molecule has 0 bridgehead atoms. The zero-order valence-electron chi connectivity index (χ0n) is 12.3. The Hall–Kier alpha value is -1.36. The zero-order chi connectivity index (χ0) is 15.0. The number of rotatable bonds is 1. The Labute approximate surface area is 126 Å². The normalized spacial score (nSPS) is 21.9. The van der Waals surface area contributed by atoms with Crippen molar-refractivity contribution in [1.29, 1.82) is 0 Å². The van der Waals surface area contributed by atoms with E-state index in [1.165, 1.54) is 0 Å². The molecule has 2 aliphatic heterocycles. The van der Waals surface area contributed by atoms with Crippen molar-refractivity contribution in [2.24, 2.45) is 5.92 Å². The third-order valence-corrected chi connectivity index (χ3v) is 6.47. The number of piperidine rings is 1. The van der Waals surface area contributed by atoms with E-state index in [9.17, 15) is 13.2 Å². The number of sulfone groups is 1. The Balaban J connectivity index is 1.85. The SMILES string of the molecule is CC1CCN(C(=O)c2ccc3c(c2)CCCS3(=O)=O)CC1. The topological polar surface area (TPSA) is 54.5 Å². The summed E-state index contributed by atoms with van der Waals surface area (Å²) in [6.45, 7) is 3.82. The highest BCUT2D eigenvalue weighted by Crippen LogP contribution is 2.27. The van der Waals surface area contributed by atoms with Crippen molar-refractivity contribution in [1.82, 2.24) is 4.90 Å². The third kappa shape index (κ3) is 2.84. The van der Waals surface area contributed by atoms with Crippen LogP contribution in [0.4, 0.5) is 0 Å². The number of amides is 1. The van der Waals surface area contributed by atoms with Crippen LogP contribution < -0.4 is 0 Å². The van der Waals surface area contributed by atoms with Gasteiger partial charge in [-0.2, -0.15) is 0 Å². The molecular weight excluding hydrogens is 286 g/mol. The van der Waals surface area contributed by atoms with Gasteiger partial charge in [-0.1, -0.05) is 6.92 Å². The fourth-order valence-electron chi connectivity index (χ4n) is 3.17. The molecular formula is C16H21NO3S. The molecule has 0 aliphatic carbocycles. The minimum absolute atomic E-state index is 0.0349. The van der Waals surface area contributed by atoms with Crippen LogP contribution in [-0.4, -0.2) is 38.1 Å². The summed E-state index contributed by atoms with van der Waals surface area (Å²) in [5, 5.41) is 0. The standard InChI is InChI=1S/C16H21NO3S/c1-12-6-8-17(9-7-12)16(18)14-4-5-15-13(11-14)3-2-10-21(15,19)20/h4-5,11-12H,2-3,6-10H2,1H3. The molecule has 1 amide bonds. The fourth-order valence-corrected chi connectivity index (χ4v) is 4.75. The van der Waals surface area contributed by atoms with Crippen LogP contribution in [0.3, 0.4) is 0 Å². The second kappa shape index (κ2) is 5.44. The number of nitrogens with zero attached hydrogens (tertiary/aromatic N) is 1. The second-order valence-electron chi connectivity index (χ2n) is 6.22. The first-order valence-electron chi connectivity index (χ1n) is 7.62. The molecule has 0 aromatic heterocycles. The molecule has 21 heavy (non-hydrogen) atoms. The molecule has 1 aromatic carbocycles. The van der Waals surface area contributed by atoms with Crippen LogP contribution in [0, 0.1) is 5.92 Å². The fraction of sp³-hybridized carbons (Fsp3) is 0.562. The van der Waals surface area contributed by atoms with Crippen molar-refractivity contribution in [3.05, 3.63) is 29.3 Å². The lowest BCUT2D eigenvalue weighted by molar-refractivity contribution is 0.0697. The number of likely N-dealkylation sites (tertiary alicyclic amines) is 1. The van der Waals surface area contributed by atoms with Crippen LogP contribution in [0.2, 0.25) is 0 Å². The molecule has 5 heteroatoms. The van der Waals surface area contributed by atoms with Gasteiger partial charge in [0.15, 0.2) is 9.84 Å². The molecule has 0 radical (unpaired) electrons. The van der Waals surface area contributed by atoms with Crippen LogP contribution in [0.15, 0.2) is 23.1 Å². The van der Waals surface area contributed by atoms with Gasteiger partial charge in [0, 0.05) is 18.7 Å². The maximum Gasteiger partial charge on any atom is 0.253 e. The predicted molar refractivity (Wildman–Crippen MR) is 81.1 cm³/mol. The Morgan fingerprint density at radius 3 is 2.67 bits per heavy atom. The first-order chi connectivity index (χ1) is 9.97. The summed E-state index contributed by atoms with van der Waals surface area (Å²) in [5.74, 6) is 0.938. The van der Waals surface area contributed by atoms with E-state index in [1.54, 1.807) is 18.2 Å². The third-order valence-electron chi connectivity index (χ3n) is 4.57. The molecule has 0 N–H and O–H groups in total. The van der Waals surface area contributed by atoms with Gasteiger partial charge in [-0.05, 0) is 55.4 Å². The highest BCUT2D eigenvalue weighted by molar-refractivity contribution is 7.91. The molecule has 0 saturated carbocycles. The molecule has 0 atom stereocenters. The van der Waals surface area contributed by atoms with Gasteiger partial charge < -0.3 is 4.90 Å². The lowest BCUT2D eigenvalue weighted by Gasteiger charge is -2.30. The lowest BCUT2D eigenvalue weighted by atomic mass is 9.98. The molecule has 1 aromatic rings. The number of fused-ring (bicyclic) bond motifs is 1. The largest absolute Gasteiger partial charge is 0.339 e. The summed E-state index contributed by atoms with van der Waals surface area (Å²) < 4.78 is 24.0. The van der Waals surface area contributed by atoms with Gasteiger partial charge in [0.1, 0.15) is 0 Å². The molecule has 4 nitrogen and oxygen atoms in total. The summed E-state index contributed by atoms with van der Waals surface area (Å²) >= 11 is 0. The Morgan fingerprint density at radius 1 is 1.24 bits per heavy atom. The molecule has 0 unspecified atom stereocenters. The summed E-state index contributed by atoms with van der Waals surface area (Å²) in [5.41, 5.74) is 1.43. The molecule has 2 heterocycles. The Bertz CT molecular complexity index is 658. The summed E-state index contributed by atoms with van der Waals surface area (Å²) in [6.07, 6.45) is 3.48. The molecule has 2 aliphatic rings. The zero-order valence-corrected chi connectivity index (χ0v) is 13.2. The maximum atomic E-state index is 12.5. The van der Waals surface area contributed by atoms with Crippen LogP contribution in [0.25, 0.3) is 0 Å². The number of hydrogen-bond donors (Lipinski definition) is 0. The molecule has 1 fully saturated rings. The summed E-state index contributed by atoms with van der Waals surface area (Å²) in [6, 6.07) is 5.07. The minimum Gasteiger partial charge on any atom is -0.339 e. The number of carbonyl (C=O) groups is 1. The van der Waals surface area contributed by atoms with E-state index >= 15 is 0 Å². The average molecular weight is 307 g/mol. The first kappa shape index (κ1) is 14.6. The number of hydrogen-bond acceptors (Lipinski definition) is 3. The van der Waals surface area contributed by atoms with Crippen LogP contribution in [0.5, 0.6) is 0 Å². The van der Waals surface area contributed by atoms with E-state index in [0.717, 1.165) is 37.9 Å². The number of aryl methyl sites for hydroxylation is 1. The summed E-state index contributed by atoms with van der Waals surface area (Å²) in [7, 11) is -3.14. The molecule has 3 rings (SSSR count). The van der Waals surface area contributed by atoms with E-state index < -0.39 is 9.84 Å². The van der Waals surface area contributed by atoms with E-state index in [1.807, 2.05) is 4.90 Å². The number of benzene rings is 1. The van der Waals surface area contributed by atoms with E-state index in [2.05, 4.69) is 6.92 Å². The smallest absolute Gasteiger partial charge is 0.253 e. The van der Waals surface area contributed by atoms with Crippen molar-refractivity contribution >= 4 is 15.7 Å². The van der Waals surface area contributed by atoms with Gasteiger partial charge in [-0.25, -0.2) is 8.42 Å². The van der Waals surface area contributed by atoms with Crippen molar-refractivity contribution < 1.29 is 13.2 Å². The van der Waals surface area contributed by atoms with Gasteiger partial charge >= 0.3 is 0 Å². The van der Waals surface area contributed by atoms with Crippen LogP contribution >= 0.6 is 0 Å². The van der Waals surface area contributed by atoms with Gasteiger partial charge in [0.25, 0.3) is 5.91 Å². The van der Waals surface area contributed by atoms with Gasteiger partial charge in [-0.3, -0.25) is 4.79 Å². The average Bonchev–Trinajstić information content (AvgIpc) is 2.46. The highest BCUT2D eigenvalue weighted by atomic mass is 32.2. The number of carbonyl (C=O) groups excluding carboxylic acids is 1. The maximum absolute atomic E-state index is 12.5. The molecule has 1 saturated heterocycles. The van der Waals surface area contributed by atoms with Crippen molar-refractivity contribution in [3.8, 4) is 0 Å². The monoisotopic (exact) mass is 307 g/mol. The van der Waals surface area contributed by atoms with Crippen LogP contribution in [0.1, 0.15) is 42.1 Å². The van der Waals surface area contributed by atoms with E-state index in [0.29, 0.717) is 22.8 Å².